The van der Waals surface area contributed by atoms with Crippen molar-refractivity contribution in [3.05, 3.63) is 29.8 Å². The molecule has 1 rings (SSSR count). The Morgan fingerprint density at radius 1 is 0.821 bits per heavy atom. The van der Waals surface area contributed by atoms with E-state index < -0.39 is 59.7 Å². The van der Waals surface area contributed by atoms with Crippen LogP contribution in [0.4, 0.5) is 0 Å². The van der Waals surface area contributed by atoms with E-state index in [1.54, 1.807) is 6.26 Å². The molecule has 0 aliphatic carbocycles. The minimum Gasteiger partial charge on any atom is -0.508 e. The number of carbonyl (C=O) groups is 6. The first-order valence-corrected chi connectivity index (χ1v) is 13.4. The normalized spacial score (nSPS) is 13.8. The standard InChI is InChI=1S/C24H35N5O9S/c1-39-11-10-17(23(36)29-18(24(37)38)12-13-2-4-14(30)5-3-13)28-22(35)16(7-8-19(26)31)27-21(34)15(25)6-9-20(32)33/h2-5,15-18,30H,6-12,25H2,1H3,(H2,26,31)(H,27,34)(H,28,35)(H,29,36)(H,32,33)(H,37,38). The highest BCUT2D eigenvalue weighted by Crippen LogP contribution is 2.12. The fourth-order valence-electron chi connectivity index (χ4n) is 3.36. The van der Waals surface area contributed by atoms with E-state index in [0.717, 1.165) is 0 Å². The Bertz CT molecular complexity index is 1020. The fraction of sp³-hybridized carbons (Fsp3) is 0.500. The monoisotopic (exact) mass is 569 g/mol. The molecule has 216 valence electrons. The average molecular weight is 570 g/mol. The number of aliphatic carboxylic acids is 2. The van der Waals surface area contributed by atoms with Crippen molar-refractivity contribution in [2.75, 3.05) is 12.0 Å². The number of phenols is 1. The molecule has 0 saturated carbocycles. The van der Waals surface area contributed by atoms with Crippen LogP contribution >= 0.6 is 11.8 Å². The molecule has 10 N–H and O–H groups in total. The van der Waals surface area contributed by atoms with Crippen molar-refractivity contribution in [1.29, 1.82) is 0 Å². The van der Waals surface area contributed by atoms with Crippen molar-refractivity contribution in [2.24, 2.45) is 11.5 Å². The number of phenolic OH excluding ortho intramolecular Hbond substituents is 1. The molecule has 4 unspecified atom stereocenters. The molecule has 1 aromatic rings. The molecule has 0 saturated heterocycles. The van der Waals surface area contributed by atoms with Crippen LogP contribution in [-0.2, 0) is 35.2 Å². The highest BCUT2D eigenvalue weighted by Gasteiger charge is 2.30. The van der Waals surface area contributed by atoms with Crippen LogP contribution < -0.4 is 27.4 Å². The van der Waals surface area contributed by atoms with Gasteiger partial charge in [-0.25, -0.2) is 4.79 Å². The Morgan fingerprint density at radius 3 is 1.87 bits per heavy atom. The minimum atomic E-state index is -1.34. The molecule has 4 atom stereocenters. The van der Waals surface area contributed by atoms with Gasteiger partial charge in [-0.15, -0.1) is 0 Å². The first-order chi connectivity index (χ1) is 18.3. The molecular weight excluding hydrogens is 534 g/mol. The van der Waals surface area contributed by atoms with Gasteiger partial charge >= 0.3 is 11.9 Å². The van der Waals surface area contributed by atoms with Gasteiger partial charge in [-0.05, 0) is 49.0 Å². The lowest BCUT2D eigenvalue weighted by Gasteiger charge is -2.25. The van der Waals surface area contributed by atoms with Crippen LogP contribution in [0, 0.1) is 0 Å². The summed E-state index contributed by atoms with van der Waals surface area (Å²) in [5.74, 6) is -5.23. The Kier molecular flexibility index (Phi) is 14.4. The molecule has 4 amide bonds. The number of hydrogen-bond acceptors (Lipinski definition) is 9. The van der Waals surface area contributed by atoms with Crippen LogP contribution in [-0.4, -0.2) is 87.1 Å². The zero-order chi connectivity index (χ0) is 29.5. The van der Waals surface area contributed by atoms with E-state index in [1.165, 1.54) is 36.0 Å². The van der Waals surface area contributed by atoms with Crippen LogP contribution in [0.3, 0.4) is 0 Å². The second-order valence-corrected chi connectivity index (χ2v) is 9.70. The lowest BCUT2D eigenvalue weighted by atomic mass is 10.0. The highest BCUT2D eigenvalue weighted by molar-refractivity contribution is 7.98. The van der Waals surface area contributed by atoms with E-state index in [-0.39, 0.29) is 44.3 Å². The summed E-state index contributed by atoms with van der Waals surface area (Å²) in [7, 11) is 0. The number of nitrogens with two attached hydrogens (primary N) is 2. The van der Waals surface area contributed by atoms with Gasteiger partial charge in [0, 0.05) is 19.3 Å². The lowest BCUT2D eigenvalue weighted by Crippen LogP contribution is -2.57. The minimum absolute atomic E-state index is 0.00433. The number of carboxylic acid groups (broad SMARTS) is 2. The summed E-state index contributed by atoms with van der Waals surface area (Å²) in [6.07, 6.45) is 0.747. The number of benzene rings is 1. The van der Waals surface area contributed by atoms with Crippen molar-refractivity contribution in [1.82, 2.24) is 16.0 Å². The first kappa shape index (κ1) is 33.2. The molecule has 15 heteroatoms. The van der Waals surface area contributed by atoms with Crippen molar-refractivity contribution in [3.8, 4) is 5.75 Å². The number of rotatable bonds is 18. The van der Waals surface area contributed by atoms with E-state index in [4.69, 9.17) is 16.6 Å². The van der Waals surface area contributed by atoms with Crippen LogP contribution in [0.5, 0.6) is 5.75 Å². The Balaban J connectivity index is 3.01. The second kappa shape index (κ2) is 16.9. The molecule has 0 aliphatic heterocycles. The van der Waals surface area contributed by atoms with Crippen molar-refractivity contribution in [2.45, 2.75) is 62.7 Å². The average Bonchev–Trinajstić information content (AvgIpc) is 2.87. The molecule has 0 heterocycles. The van der Waals surface area contributed by atoms with Crippen LogP contribution in [0.25, 0.3) is 0 Å². The van der Waals surface area contributed by atoms with Gasteiger partial charge in [-0.2, -0.15) is 11.8 Å². The molecular formula is C24H35N5O9S. The maximum absolute atomic E-state index is 13.1. The Morgan fingerprint density at radius 2 is 1.36 bits per heavy atom. The zero-order valence-corrected chi connectivity index (χ0v) is 22.2. The summed E-state index contributed by atoms with van der Waals surface area (Å²) in [5.41, 5.74) is 11.4. The van der Waals surface area contributed by atoms with Crippen molar-refractivity contribution in [3.63, 3.8) is 0 Å². The number of amides is 4. The molecule has 0 aliphatic rings. The Hall–Kier alpha value is -3.85. The summed E-state index contributed by atoms with van der Waals surface area (Å²) in [6.45, 7) is 0. The number of primary amides is 1. The number of nitrogens with one attached hydrogen (secondary N) is 3. The van der Waals surface area contributed by atoms with Gasteiger partial charge in [0.15, 0.2) is 0 Å². The predicted octanol–water partition coefficient (Wildman–Crippen LogP) is -1.32. The van der Waals surface area contributed by atoms with Crippen LogP contribution in [0.1, 0.15) is 37.7 Å². The smallest absolute Gasteiger partial charge is 0.326 e. The SMILES string of the molecule is CSCCC(NC(=O)C(CCC(N)=O)NC(=O)C(N)CCC(=O)O)C(=O)NC(Cc1ccc(O)cc1)C(=O)O. The van der Waals surface area contributed by atoms with Crippen molar-refractivity contribution < 1.29 is 44.1 Å². The van der Waals surface area contributed by atoms with E-state index >= 15 is 0 Å². The molecule has 39 heavy (non-hydrogen) atoms. The van der Waals surface area contributed by atoms with Gasteiger partial charge in [0.05, 0.1) is 6.04 Å². The largest absolute Gasteiger partial charge is 0.508 e. The number of carbonyl (C=O) groups excluding carboxylic acids is 4. The molecule has 0 spiro atoms. The van der Waals surface area contributed by atoms with E-state index in [0.29, 0.717) is 11.3 Å². The number of thioether (sulfide) groups is 1. The molecule has 0 aromatic heterocycles. The summed E-state index contributed by atoms with van der Waals surface area (Å²) in [4.78, 5) is 72.4. The Labute approximate surface area is 229 Å². The zero-order valence-electron chi connectivity index (χ0n) is 21.4. The van der Waals surface area contributed by atoms with Gasteiger partial charge < -0.3 is 42.7 Å². The summed E-state index contributed by atoms with van der Waals surface area (Å²) in [5, 5.41) is 35.1. The molecule has 14 nitrogen and oxygen atoms in total. The number of aromatic hydroxyl groups is 1. The van der Waals surface area contributed by atoms with E-state index in [1.807, 2.05) is 0 Å². The van der Waals surface area contributed by atoms with Crippen LogP contribution in [0.2, 0.25) is 0 Å². The van der Waals surface area contributed by atoms with Gasteiger partial charge in [-0.1, -0.05) is 12.1 Å². The maximum Gasteiger partial charge on any atom is 0.326 e. The third-order valence-electron chi connectivity index (χ3n) is 5.55. The first-order valence-electron chi connectivity index (χ1n) is 12.0. The quantitative estimate of drug-likeness (QED) is 0.103. The topological polar surface area (TPSA) is 251 Å². The molecule has 1 aromatic carbocycles. The third kappa shape index (κ3) is 13.0. The summed E-state index contributed by atoms with van der Waals surface area (Å²) < 4.78 is 0. The molecule has 0 radical (unpaired) electrons. The summed E-state index contributed by atoms with van der Waals surface area (Å²) in [6, 6.07) is 0.704. The van der Waals surface area contributed by atoms with Crippen molar-refractivity contribution >= 4 is 47.3 Å². The maximum atomic E-state index is 13.1. The van der Waals surface area contributed by atoms with Gasteiger partial charge in [0.25, 0.3) is 0 Å². The van der Waals surface area contributed by atoms with Gasteiger partial charge in [0.1, 0.15) is 23.9 Å². The number of carboxylic acids is 2. The van der Waals surface area contributed by atoms with Crippen LogP contribution in [0.15, 0.2) is 24.3 Å². The number of hydrogen-bond donors (Lipinski definition) is 8. The second-order valence-electron chi connectivity index (χ2n) is 8.72. The molecule has 0 fully saturated rings. The highest BCUT2D eigenvalue weighted by atomic mass is 32.2. The van der Waals surface area contributed by atoms with E-state index in [9.17, 15) is 39.0 Å². The summed E-state index contributed by atoms with van der Waals surface area (Å²) >= 11 is 1.38. The van der Waals surface area contributed by atoms with E-state index in [2.05, 4.69) is 16.0 Å². The predicted molar refractivity (Wildman–Crippen MR) is 142 cm³/mol. The van der Waals surface area contributed by atoms with Gasteiger partial charge in [-0.3, -0.25) is 24.0 Å². The third-order valence-corrected chi connectivity index (χ3v) is 6.20. The van der Waals surface area contributed by atoms with Gasteiger partial charge in [0.2, 0.25) is 23.6 Å². The fourth-order valence-corrected chi connectivity index (χ4v) is 3.83. The lowest BCUT2D eigenvalue weighted by molar-refractivity contribution is -0.142. The molecule has 0 bridgehead atoms.